The van der Waals surface area contributed by atoms with Crippen LogP contribution in [0.15, 0.2) is 30.4 Å². The lowest BCUT2D eigenvalue weighted by molar-refractivity contribution is -0.140. The molecule has 1 aliphatic heterocycles. The number of ether oxygens (including phenoxy) is 2. The Morgan fingerprint density at radius 3 is 2.15 bits per heavy atom. The second-order valence-corrected chi connectivity index (χ2v) is 7.92. The average Bonchev–Trinajstić information content (AvgIpc) is 3.45. The highest BCUT2D eigenvalue weighted by atomic mass is 16.5. The van der Waals surface area contributed by atoms with Gasteiger partial charge in [-0.1, -0.05) is 18.2 Å². The van der Waals surface area contributed by atoms with Crippen LogP contribution in [-0.2, 0) is 16.0 Å². The molecule has 0 aromatic heterocycles. The number of hydrogen-bond donors (Lipinski definition) is 0. The van der Waals surface area contributed by atoms with Gasteiger partial charge in [-0.3, -0.25) is 14.5 Å². The second kappa shape index (κ2) is 5.60. The van der Waals surface area contributed by atoms with Gasteiger partial charge in [-0.25, -0.2) is 0 Å². The zero-order valence-corrected chi connectivity index (χ0v) is 15.1. The van der Waals surface area contributed by atoms with Gasteiger partial charge in [0.05, 0.1) is 26.1 Å². The first-order valence-electron chi connectivity index (χ1n) is 9.38. The van der Waals surface area contributed by atoms with Gasteiger partial charge in [0.15, 0.2) is 11.5 Å². The number of methoxy groups -OCH3 is 2. The molecule has 26 heavy (non-hydrogen) atoms. The van der Waals surface area contributed by atoms with Crippen molar-refractivity contribution in [2.45, 2.75) is 12.8 Å². The van der Waals surface area contributed by atoms with Gasteiger partial charge >= 0.3 is 0 Å². The minimum absolute atomic E-state index is 0.0465. The van der Waals surface area contributed by atoms with Gasteiger partial charge in [-0.2, -0.15) is 0 Å². The van der Waals surface area contributed by atoms with Gasteiger partial charge < -0.3 is 9.47 Å². The van der Waals surface area contributed by atoms with Crippen LogP contribution in [0.3, 0.4) is 0 Å². The number of allylic oxidation sites excluding steroid dienone is 2. The van der Waals surface area contributed by atoms with Gasteiger partial charge in [-0.05, 0) is 54.2 Å². The zero-order chi connectivity index (χ0) is 18.0. The minimum Gasteiger partial charge on any atom is -0.493 e. The molecule has 6 atom stereocenters. The van der Waals surface area contributed by atoms with Crippen LogP contribution in [0.2, 0.25) is 0 Å². The monoisotopic (exact) mass is 353 g/mol. The number of carbonyl (C=O) groups excluding carboxylic acids is 2. The number of benzene rings is 1. The summed E-state index contributed by atoms with van der Waals surface area (Å²) in [5.41, 5.74) is 1.03. The van der Waals surface area contributed by atoms with Crippen LogP contribution in [0.25, 0.3) is 0 Å². The Morgan fingerprint density at radius 1 is 0.962 bits per heavy atom. The lowest BCUT2D eigenvalue weighted by Gasteiger charge is -2.37. The van der Waals surface area contributed by atoms with E-state index in [-0.39, 0.29) is 35.5 Å². The van der Waals surface area contributed by atoms with Crippen molar-refractivity contribution in [3.8, 4) is 11.5 Å². The first-order valence-corrected chi connectivity index (χ1v) is 9.38. The number of hydrogen-bond acceptors (Lipinski definition) is 4. The summed E-state index contributed by atoms with van der Waals surface area (Å²) >= 11 is 0. The van der Waals surface area contributed by atoms with Crippen molar-refractivity contribution in [3.05, 3.63) is 35.9 Å². The number of amides is 2. The number of imide groups is 1. The highest BCUT2D eigenvalue weighted by molar-refractivity contribution is 6.06. The third-order valence-corrected chi connectivity index (χ3v) is 6.83. The van der Waals surface area contributed by atoms with Crippen LogP contribution >= 0.6 is 0 Å². The first-order chi connectivity index (χ1) is 12.6. The number of carbonyl (C=O) groups is 2. The predicted molar refractivity (Wildman–Crippen MR) is 94.7 cm³/mol. The molecule has 6 rings (SSSR count). The summed E-state index contributed by atoms with van der Waals surface area (Å²) in [5.74, 6) is 3.10. The maximum Gasteiger partial charge on any atom is 0.233 e. The smallest absolute Gasteiger partial charge is 0.233 e. The molecule has 1 aromatic rings. The fraction of sp³-hybridized carbons (Fsp3) is 0.524. The van der Waals surface area contributed by atoms with Crippen molar-refractivity contribution in [2.75, 3.05) is 20.8 Å². The molecule has 0 unspecified atom stereocenters. The Balaban J connectivity index is 1.33. The lowest BCUT2D eigenvalue weighted by Crippen LogP contribution is -2.40. The largest absolute Gasteiger partial charge is 0.493 e. The molecule has 4 aliphatic carbocycles. The molecule has 2 amide bonds. The van der Waals surface area contributed by atoms with Gasteiger partial charge in [0, 0.05) is 6.54 Å². The first kappa shape index (κ1) is 15.9. The highest BCUT2D eigenvalue weighted by Gasteiger charge is 2.66. The predicted octanol–water partition coefficient (Wildman–Crippen LogP) is 2.30. The van der Waals surface area contributed by atoms with Crippen molar-refractivity contribution >= 4 is 11.8 Å². The zero-order valence-electron chi connectivity index (χ0n) is 15.1. The molecule has 5 heteroatoms. The van der Waals surface area contributed by atoms with Crippen LogP contribution in [0.1, 0.15) is 12.0 Å². The Kier molecular flexibility index (Phi) is 3.43. The van der Waals surface area contributed by atoms with Crippen molar-refractivity contribution in [1.82, 2.24) is 4.90 Å². The summed E-state index contributed by atoms with van der Waals surface area (Å²) < 4.78 is 10.6. The molecule has 5 aliphatic rings. The van der Waals surface area contributed by atoms with E-state index in [0.29, 0.717) is 36.3 Å². The van der Waals surface area contributed by atoms with E-state index in [0.717, 1.165) is 5.56 Å². The quantitative estimate of drug-likeness (QED) is 0.602. The van der Waals surface area contributed by atoms with E-state index in [4.69, 9.17) is 9.47 Å². The Morgan fingerprint density at radius 2 is 1.58 bits per heavy atom. The molecule has 2 saturated carbocycles. The van der Waals surface area contributed by atoms with Crippen molar-refractivity contribution in [1.29, 1.82) is 0 Å². The van der Waals surface area contributed by atoms with Gasteiger partial charge in [0.25, 0.3) is 0 Å². The van der Waals surface area contributed by atoms with Crippen LogP contribution < -0.4 is 9.47 Å². The summed E-state index contributed by atoms with van der Waals surface area (Å²) in [7, 11) is 3.21. The lowest BCUT2D eigenvalue weighted by atomic mass is 9.63. The summed E-state index contributed by atoms with van der Waals surface area (Å²) in [5, 5.41) is 0. The Hall–Kier alpha value is -2.30. The second-order valence-electron chi connectivity index (χ2n) is 7.92. The molecule has 1 heterocycles. The van der Waals surface area contributed by atoms with Crippen molar-refractivity contribution in [3.63, 3.8) is 0 Å². The fourth-order valence-electron chi connectivity index (χ4n) is 5.52. The van der Waals surface area contributed by atoms with Crippen LogP contribution in [0, 0.1) is 35.5 Å². The van der Waals surface area contributed by atoms with E-state index in [1.54, 1.807) is 14.2 Å². The number of likely N-dealkylation sites (tertiary alicyclic amines) is 1. The fourth-order valence-corrected chi connectivity index (χ4v) is 5.52. The van der Waals surface area contributed by atoms with Crippen LogP contribution in [-0.4, -0.2) is 37.5 Å². The molecular formula is C21H23NO4. The molecule has 0 radical (unpaired) electrons. The standard InChI is InChI=1S/C21H23NO4/c1-25-16-6-3-11(9-17(16)26-2)7-8-22-20(23)18-12-4-5-13(15-10-14(12)15)19(18)21(22)24/h3-6,9,12-15,18-19H,7-8,10H2,1-2H3/t12-,13-,14-,15-,18+,19+/m0/s1. The van der Waals surface area contributed by atoms with E-state index < -0.39 is 0 Å². The van der Waals surface area contributed by atoms with Crippen molar-refractivity contribution in [2.24, 2.45) is 35.5 Å². The van der Waals surface area contributed by atoms with E-state index >= 15 is 0 Å². The molecular weight excluding hydrogens is 330 g/mol. The topological polar surface area (TPSA) is 55.8 Å². The third kappa shape index (κ3) is 2.09. The van der Waals surface area contributed by atoms with Gasteiger partial charge in [0.1, 0.15) is 0 Å². The third-order valence-electron chi connectivity index (χ3n) is 6.83. The molecule has 1 saturated heterocycles. The molecule has 1 aromatic carbocycles. The Bertz CT molecular complexity index is 780. The normalized spacial score (nSPS) is 36.2. The van der Waals surface area contributed by atoms with Crippen molar-refractivity contribution < 1.29 is 19.1 Å². The summed E-state index contributed by atoms with van der Waals surface area (Å²) in [4.78, 5) is 27.5. The molecule has 136 valence electrons. The van der Waals surface area contributed by atoms with E-state index in [2.05, 4.69) is 12.2 Å². The minimum atomic E-state index is -0.105. The van der Waals surface area contributed by atoms with E-state index in [1.807, 2.05) is 18.2 Å². The summed E-state index contributed by atoms with van der Waals surface area (Å²) in [6, 6.07) is 5.73. The highest BCUT2D eigenvalue weighted by Crippen LogP contribution is 2.65. The summed E-state index contributed by atoms with van der Waals surface area (Å²) in [6.45, 7) is 0.439. The molecule has 0 N–H and O–H groups in total. The summed E-state index contributed by atoms with van der Waals surface area (Å²) in [6.07, 6.45) is 6.25. The maximum atomic E-state index is 13.0. The molecule has 0 spiro atoms. The van der Waals surface area contributed by atoms with Crippen LogP contribution in [0.4, 0.5) is 0 Å². The molecule has 2 bridgehead atoms. The van der Waals surface area contributed by atoms with E-state index in [1.165, 1.54) is 11.3 Å². The average molecular weight is 353 g/mol. The van der Waals surface area contributed by atoms with E-state index in [9.17, 15) is 9.59 Å². The number of rotatable bonds is 5. The SMILES string of the molecule is COc1ccc(CCN2C(=O)[C@@H]3[C@H]4C=C[C@@H]([C@@H]5C[C@@H]45)[C@H]3C2=O)cc1OC. The maximum absolute atomic E-state index is 13.0. The number of nitrogens with zero attached hydrogens (tertiary/aromatic N) is 1. The molecule has 5 nitrogen and oxygen atoms in total. The van der Waals surface area contributed by atoms with Gasteiger partial charge in [0.2, 0.25) is 11.8 Å². The van der Waals surface area contributed by atoms with Crippen LogP contribution in [0.5, 0.6) is 11.5 Å². The Labute approximate surface area is 153 Å². The molecule has 3 fully saturated rings. The van der Waals surface area contributed by atoms with Gasteiger partial charge in [-0.15, -0.1) is 0 Å².